The van der Waals surface area contributed by atoms with Crippen molar-refractivity contribution in [2.45, 2.75) is 13.3 Å². The number of nitrogens with two attached hydrogens (primary N) is 1. The van der Waals surface area contributed by atoms with Crippen LogP contribution in [0.1, 0.15) is 19.0 Å². The van der Waals surface area contributed by atoms with Gasteiger partial charge in [0.2, 0.25) is 5.89 Å². The maximum Gasteiger partial charge on any atom is 0.411 e. The molecule has 1 aliphatic rings. The van der Waals surface area contributed by atoms with Gasteiger partial charge in [-0.25, -0.2) is 14.8 Å². The van der Waals surface area contributed by atoms with E-state index in [1.165, 1.54) is 0 Å². The standard InChI is InChI=1S/C22H20N6O3/c1-2-3-13-30-22(29)28-11-9-15(10-12-28)17-14-24-19(23)18(25-17)21-27-26-20(31-21)16-7-5-4-6-8-16/h4-9,14H,10-13H2,1H3,(H2,23,24). The van der Waals surface area contributed by atoms with Crippen LogP contribution in [0.3, 0.4) is 0 Å². The summed E-state index contributed by atoms with van der Waals surface area (Å²) in [5, 5.41) is 8.17. The first-order chi connectivity index (χ1) is 15.2. The highest BCUT2D eigenvalue weighted by Gasteiger charge is 2.21. The molecular weight excluding hydrogens is 396 g/mol. The van der Waals surface area contributed by atoms with Crippen LogP contribution in [-0.4, -0.2) is 50.9 Å². The Kier molecular flexibility index (Phi) is 5.89. The molecule has 1 aliphatic heterocycles. The number of benzene rings is 1. The topological polar surface area (TPSA) is 120 Å². The molecular formula is C22H20N6O3. The Balaban J connectivity index is 1.52. The number of nitrogen functional groups attached to an aromatic ring is 1. The lowest BCUT2D eigenvalue weighted by atomic mass is 10.1. The van der Waals surface area contributed by atoms with E-state index < -0.39 is 0 Å². The molecule has 0 spiro atoms. The SMILES string of the molecule is CC#CCOC(=O)N1CC=C(c2cnc(N)c(-c3nnc(-c4ccccc4)o3)n2)CC1. The number of nitrogens with zero attached hydrogens (tertiary/aromatic N) is 5. The van der Waals surface area contributed by atoms with Crippen LogP contribution in [0.5, 0.6) is 0 Å². The fourth-order valence-corrected chi connectivity index (χ4v) is 3.06. The number of hydrogen-bond acceptors (Lipinski definition) is 8. The molecule has 2 N–H and O–H groups in total. The van der Waals surface area contributed by atoms with Gasteiger partial charge in [-0.1, -0.05) is 30.2 Å². The van der Waals surface area contributed by atoms with E-state index in [0.717, 1.165) is 11.1 Å². The van der Waals surface area contributed by atoms with Gasteiger partial charge in [0, 0.05) is 18.7 Å². The van der Waals surface area contributed by atoms with Crippen molar-refractivity contribution in [2.75, 3.05) is 25.4 Å². The number of carbonyl (C=O) groups is 1. The molecule has 0 saturated carbocycles. The van der Waals surface area contributed by atoms with Crippen molar-refractivity contribution < 1.29 is 13.9 Å². The Morgan fingerprint density at radius 1 is 1.26 bits per heavy atom. The lowest BCUT2D eigenvalue weighted by molar-refractivity contribution is 0.118. The first-order valence-corrected chi connectivity index (χ1v) is 9.68. The molecule has 1 amide bonds. The largest absolute Gasteiger partial charge is 0.436 e. The van der Waals surface area contributed by atoms with Crippen molar-refractivity contribution in [1.82, 2.24) is 25.1 Å². The molecule has 0 unspecified atom stereocenters. The van der Waals surface area contributed by atoms with Gasteiger partial charge >= 0.3 is 6.09 Å². The van der Waals surface area contributed by atoms with E-state index in [0.29, 0.717) is 36.8 Å². The first-order valence-electron chi connectivity index (χ1n) is 9.68. The van der Waals surface area contributed by atoms with Gasteiger partial charge in [-0.3, -0.25) is 0 Å². The summed E-state index contributed by atoms with van der Waals surface area (Å²) < 4.78 is 10.9. The van der Waals surface area contributed by atoms with Crippen molar-refractivity contribution in [3.05, 3.63) is 48.3 Å². The third-order valence-electron chi connectivity index (χ3n) is 4.69. The zero-order valence-electron chi connectivity index (χ0n) is 16.9. The van der Waals surface area contributed by atoms with Crippen molar-refractivity contribution in [3.8, 4) is 34.9 Å². The van der Waals surface area contributed by atoms with Gasteiger partial charge < -0.3 is 19.8 Å². The summed E-state index contributed by atoms with van der Waals surface area (Å²) in [6, 6.07) is 9.44. The van der Waals surface area contributed by atoms with Gasteiger partial charge in [-0.15, -0.1) is 16.1 Å². The number of hydrogen-bond donors (Lipinski definition) is 1. The Morgan fingerprint density at radius 2 is 2.06 bits per heavy atom. The average Bonchev–Trinajstić information content (AvgIpc) is 3.30. The molecule has 3 aromatic rings. The molecule has 9 heteroatoms. The van der Waals surface area contributed by atoms with Crippen LogP contribution in [0.2, 0.25) is 0 Å². The highest BCUT2D eigenvalue weighted by molar-refractivity contribution is 5.73. The van der Waals surface area contributed by atoms with Gasteiger partial charge in [0.15, 0.2) is 18.1 Å². The van der Waals surface area contributed by atoms with Crippen molar-refractivity contribution in [3.63, 3.8) is 0 Å². The second kappa shape index (κ2) is 9.09. The second-order valence-corrected chi connectivity index (χ2v) is 6.67. The zero-order chi connectivity index (χ0) is 21.6. The predicted molar refractivity (Wildman–Crippen MR) is 114 cm³/mol. The molecule has 1 aromatic carbocycles. The Labute approximate surface area is 179 Å². The number of aromatic nitrogens is 4. The van der Waals surface area contributed by atoms with E-state index in [1.807, 2.05) is 36.4 Å². The minimum absolute atomic E-state index is 0.0877. The third kappa shape index (κ3) is 4.53. The molecule has 156 valence electrons. The fourth-order valence-electron chi connectivity index (χ4n) is 3.06. The minimum atomic E-state index is -0.388. The van der Waals surface area contributed by atoms with E-state index in [4.69, 9.17) is 14.9 Å². The number of carbonyl (C=O) groups excluding carboxylic acids is 1. The third-order valence-corrected chi connectivity index (χ3v) is 4.69. The summed E-state index contributed by atoms with van der Waals surface area (Å²) >= 11 is 0. The summed E-state index contributed by atoms with van der Waals surface area (Å²) in [6.07, 6.45) is 3.74. The molecule has 2 aromatic heterocycles. The fraction of sp³-hybridized carbons (Fsp3) is 0.227. The lowest BCUT2D eigenvalue weighted by Crippen LogP contribution is -2.35. The van der Waals surface area contributed by atoms with Gasteiger partial charge in [0.25, 0.3) is 5.89 Å². The number of anilines is 1. The molecule has 0 saturated heterocycles. The maximum absolute atomic E-state index is 12.1. The van der Waals surface area contributed by atoms with E-state index in [2.05, 4.69) is 32.0 Å². The molecule has 0 fully saturated rings. The van der Waals surface area contributed by atoms with Crippen LogP contribution in [-0.2, 0) is 4.74 Å². The quantitative estimate of drug-likeness (QED) is 0.645. The van der Waals surface area contributed by atoms with Gasteiger partial charge in [0.1, 0.15) is 0 Å². The van der Waals surface area contributed by atoms with Crippen LogP contribution in [0.15, 0.2) is 47.0 Å². The minimum Gasteiger partial charge on any atom is -0.436 e. The molecule has 0 atom stereocenters. The summed E-state index contributed by atoms with van der Waals surface area (Å²) in [4.78, 5) is 22.5. The number of ether oxygens (including phenoxy) is 1. The Bertz CT molecular complexity index is 1180. The van der Waals surface area contributed by atoms with E-state index in [9.17, 15) is 4.79 Å². The van der Waals surface area contributed by atoms with E-state index in [1.54, 1.807) is 18.0 Å². The molecule has 0 aliphatic carbocycles. The smallest absolute Gasteiger partial charge is 0.411 e. The maximum atomic E-state index is 12.1. The molecule has 3 heterocycles. The van der Waals surface area contributed by atoms with Crippen LogP contribution in [0, 0.1) is 11.8 Å². The van der Waals surface area contributed by atoms with Gasteiger partial charge in [-0.05, 0) is 31.1 Å². The summed E-state index contributed by atoms with van der Waals surface area (Å²) in [7, 11) is 0. The van der Waals surface area contributed by atoms with Gasteiger partial charge in [-0.2, -0.15) is 0 Å². The number of rotatable bonds is 4. The predicted octanol–water partition coefficient (Wildman–Crippen LogP) is 3.02. The van der Waals surface area contributed by atoms with Crippen LogP contribution in [0.4, 0.5) is 10.6 Å². The first kappa shape index (κ1) is 20.1. The van der Waals surface area contributed by atoms with Crippen molar-refractivity contribution in [1.29, 1.82) is 0 Å². The molecule has 31 heavy (non-hydrogen) atoms. The molecule has 9 nitrogen and oxygen atoms in total. The van der Waals surface area contributed by atoms with Gasteiger partial charge in [0.05, 0.1) is 11.9 Å². The molecule has 4 rings (SSSR count). The van der Waals surface area contributed by atoms with Crippen LogP contribution >= 0.6 is 0 Å². The summed E-state index contributed by atoms with van der Waals surface area (Å²) in [6.45, 7) is 2.70. The van der Waals surface area contributed by atoms with Crippen LogP contribution in [0.25, 0.3) is 28.6 Å². The lowest BCUT2D eigenvalue weighted by Gasteiger charge is -2.25. The zero-order valence-corrected chi connectivity index (χ0v) is 16.9. The monoisotopic (exact) mass is 416 g/mol. The Morgan fingerprint density at radius 3 is 2.81 bits per heavy atom. The number of amides is 1. The van der Waals surface area contributed by atoms with E-state index in [-0.39, 0.29) is 24.4 Å². The van der Waals surface area contributed by atoms with Crippen molar-refractivity contribution in [2.24, 2.45) is 0 Å². The highest BCUT2D eigenvalue weighted by Crippen LogP contribution is 2.28. The summed E-state index contributed by atoms with van der Waals surface area (Å²) in [5.41, 5.74) is 8.75. The van der Waals surface area contributed by atoms with E-state index >= 15 is 0 Å². The molecule has 0 bridgehead atoms. The normalized spacial score (nSPS) is 13.2. The second-order valence-electron chi connectivity index (χ2n) is 6.67. The van der Waals surface area contributed by atoms with Crippen LogP contribution < -0.4 is 5.73 Å². The average molecular weight is 416 g/mol. The Hall–Kier alpha value is -4.19. The summed E-state index contributed by atoms with van der Waals surface area (Å²) in [5.74, 6) is 6.17. The highest BCUT2D eigenvalue weighted by atomic mass is 16.6. The molecule has 0 radical (unpaired) electrons. The van der Waals surface area contributed by atoms with Crippen molar-refractivity contribution >= 4 is 17.5 Å².